The van der Waals surface area contributed by atoms with Gasteiger partial charge in [-0.25, -0.2) is 0 Å². The fraction of sp³-hybridized carbons (Fsp3) is 0.412. The molecule has 1 atom stereocenters. The number of benzene rings is 1. The zero-order valence-electron chi connectivity index (χ0n) is 13.1. The summed E-state index contributed by atoms with van der Waals surface area (Å²) in [4.78, 5) is 1.27. The van der Waals surface area contributed by atoms with Crippen molar-refractivity contribution in [2.75, 3.05) is 20.8 Å². The number of methoxy groups -OCH3 is 2. The number of rotatable bonds is 7. The number of ether oxygens (including phenoxy) is 2. The average Bonchev–Trinajstić information content (AvgIpc) is 2.97. The summed E-state index contributed by atoms with van der Waals surface area (Å²) in [5.74, 6) is 1.82. The standard InChI is InChI=1S/C17H23NO2S/c1-5-8-18-17(16-10-14(20-4)11-21-16)15-7-6-13(19-3)9-12(15)2/h6-7,9-11,17-18H,5,8H2,1-4H3. The fourth-order valence-electron chi connectivity index (χ4n) is 2.34. The number of hydrogen-bond donors (Lipinski definition) is 1. The number of aryl methyl sites for hydroxylation is 1. The van der Waals surface area contributed by atoms with E-state index >= 15 is 0 Å². The van der Waals surface area contributed by atoms with Gasteiger partial charge in [-0.05, 0) is 49.2 Å². The summed E-state index contributed by atoms with van der Waals surface area (Å²) in [5.41, 5.74) is 2.52. The van der Waals surface area contributed by atoms with Crippen molar-refractivity contribution in [2.45, 2.75) is 26.3 Å². The van der Waals surface area contributed by atoms with Crippen molar-refractivity contribution < 1.29 is 9.47 Å². The van der Waals surface area contributed by atoms with Crippen molar-refractivity contribution in [1.29, 1.82) is 0 Å². The minimum atomic E-state index is 0.199. The van der Waals surface area contributed by atoms with Crippen molar-refractivity contribution >= 4 is 11.3 Å². The van der Waals surface area contributed by atoms with Crippen molar-refractivity contribution in [3.8, 4) is 11.5 Å². The highest BCUT2D eigenvalue weighted by atomic mass is 32.1. The molecule has 0 aliphatic heterocycles. The lowest BCUT2D eigenvalue weighted by molar-refractivity contribution is 0.414. The predicted octanol–water partition coefficient (Wildman–Crippen LogP) is 4.16. The van der Waals surface area contributed by atoms with Crippen molar-refractivity contribution in [3.05, 3.63) is 45.6 Å². The summed E-state index contributed by atoms with van der Waals surface area (Å²) >= 11 is 1.73. The van der Waals surface area contributed by atoms with Gasteiger partial charge in [0.2, 0.25) is 0 Å². The molecule has 1 aromatic heterocycles. The van der Waals surface area contributed by atoms with Gasteiger partial charge in [-0.2, -0.15) is 0 Å². The maximum atomic E-state index is 5.31. The molecule has 1 unspecified atom stereocenters. The van der Waals surface area contributed by atoms with Gasteiger partial charge in [0.05, 0.1) is 20.3 Å². The second-order valence-electron chi connectivity index (χ2n) is 5.00. The molecule has 0 saturated carbocycles. The van der Waals surface area contributed by atoms with Gasteiger partial charge in [0, 0.05) is 10.3 Å². The van der Waals surface area contributed by atoms with Crippen LogP contribution in [-0.4, -0.2) is 20.8 Å². The topological polar surface area (TPSA) is 30.5 Å². The molecule has 0 spiro atoms. The summed E-state index contributed by atoms with van der Waals surface area (Å²) in [5, 5.41) is 5.68. The van der Waals surface area contributed by atoms with Crippen LogP contribution in [0.1, 0.15) is 35.4 Å². The first-order chi connectivity index (χ1) is 10.2. The Bertz CT molecular complexity index is 580. The summed E-state index contributed by atoms with van der Waals surface area (Å²) in [6.45, 7) is 5.29. The Hall–Kier alpha value is -1.52. The van der Waals surface area contributed by atoms with Crippen LogP contribution in [0.2, 0.25) is 0 Å². The number of thiophene rings is 1. The predicted molar refractivity (Wildman–Crippen MR) is 88.7 cm³/mol. The Kier molecular flexibility index (Phi) is 5.65. The monoisotopic (exact) mass is 305 g/mol. The summed E-state index contributed by atoms with van der Waals surface area (Å²) < 4.78 is 10.6. The Morgan fingerprint density at radius 2 is 1.90 bits per heavy atom. The molecule has 0 aliphatic carbocycles. The fourth-order valence-corrected chi connectivity index (χ4v) is 3.29. The Balaban J connectivity index is 2.35. The highest BCUT2D eigenvalue weighted by molar-refractivity contribution is 7.10. The zero-order valence-corrected chi connectivity index (χ0v) is 13.9. The van der Waals surface area contributed by atoms with Gasteiger partial charge < -0.3 is 14.8 Å². The largest absolute Gasteiger partial charge is 0.497 e. The molecule has 0 amide bonds. The number of hydrogen-bond acceptors (Lipinski definition) is 4. The molecular formula is C17H23NO2S. The molecule has 2 rings (SSSR count). The lowest BCUT2D eigenvalue weighted by Gasteiger charge is -2.20. The second-order valence-corrected chi connectivity index (χ2v) is 5.94. The van der Waals surface area contributed by atoms with Gasteiger partial charge >= 0.3 is 0 Å². The molecule has 0 bridgehead atoms. The van der Waals surface area contributed by atoms with E-state index < -0.39 is 0 Å². The van der Waals surface area contributed by atoms with E-state index in [1.165, 1.54) is 16.0 Å². The minimum absolute atomic E-state index is 0.199. The Labute approximate surface area is 130 Å². The van der Waals surface area contributed by atoms with Crippen LogP contribution in [-0.2, 0) is 0 Å². The lowest BCUT2D eigenvalue weighted by atomic mass is 9.99. The molecule has 1 heterocycles. The molecule has 4 heteroatoms. The third-order valence-corrected chi connectivity index (χ3v) is 4.48. The SMILES string of the molecule is CCCNC(c1cc(OC)cs1)c1ccc(OC)cc1C. The molecule has 114 valence electrons. The van der Waals surface area contributed by atoms with Gasteiger partial charge in [-0.15, -0.1) is 11.3 Å². The third kappa shape index (κ3) is 3.77. The summed E-state index contributed by atoms with van der Waals surface area (Å²) in [6, 6.07) is 8.56. The highest BCUT2D eigenvalue weighted by Crippen LogP contribution is 2.33. The molecule has 3 nitrogen and oxygen atoms in total. The maximum absolute atomic E-state index is 5.31. The molecular weight excluding hydrogens is 282 g/mol. The van der Waals surface area contributed by atoms with E-state index in [4.69, 9.17) is 9.47 Å². The van der Waals surface area contributed by atoms with Crippen LogP contribution < -0.4 is 14.8 Å². The van der Waals surface area contributed by atoms with E-state index in [0.717, 1.165) is 24.5 Å². The quantitative estimate of drug-likeness (QED) is 0.833. The van der Waals surface area contributed by atoms with E-state index in [1.54, 1.807) is 25.6 Å². The van der Waals surface area contributed by atoms with Crippen LogP contribution in [0.3, 0.4) is 0 Å². The van der Waals surface area contributed by atoms with Crippen molar-refractivity contribution in [2.24, 2.45) is 0 Å². The number of nitrogens with one attached hydrogen (secondary N) is 1. The molecule has 0 saturated heterocycles. The summed E-state index contributed by atoms with van der Waals surface area (Å²) in [7, 11) is 3.41. The van der Waals surface area contributed by atoms with Gasteiger partial charge in [-0.1, -0.05) is 13.0 Å². The van der Waals surface area contributed by atoms with Gasteiger partial charge in [0.25, 0.3) is 0 Å². The minimum Gasteiger partial charge on any atom is -0.497 e. The van der Waals surface area contributed by atoms with Crippen LogP contribution in [0.5, 0.6) is 11.5 Å². The highest BCUT2D eigenvalue weighted by Gasteiger charge is 2.18. The van der Waals surface area contributed by atoms with E-state index in [9.17, 15) is 0 Å². The van der Waals surface area contributed by atoms with Crippen LogP contribution in [0.25, 0.3) is 0 Å². The van der Waals surface area contributed by atoms with E-state index in [-0.39, 0.29) is 6.04 Å². The Morgan fingerprint density at radius 3 is 2.48 bits per heavy atom. The van der Waals surface area contributed by atoms with Gasteiger partial charge in [0.1, 0.15) is 11.5 Å². The van der Waals surface area contributed by atoms with Crippen LogP contribution >= 0.6 is 11.3 Å². The van der Waals surface area contributed by atoms with Gasteiger partial charge in [0.15, 0.2) is 0 Å². The third-order valence-electron chi connectivity index (χ3n) is 3.50. The molecule has 1 aromatic carbocycles. The van der Waals surface area contributed by atoms with Crippen LogP contribution in [0.15, 0.2) is 29.6 Å². The maximum Gasteiger partial charge on any atom is 0.129 e. The van der Waals surface area contributed by atoms with E-state index in [2.05, 4.69) is 42.7 Å². The molecule has 0 radical (unpaired) electrons. The molecule has 2 aromatic rings. The smallest absolute Gasteiger partial charge is 0.129 e. The zero-order chi connectivity index (χ0) is 15.2. The Morgan fingerprint density at radius 1 is 1.14 bits per heavy atom. The first-order valence-electron chi connectivity index (χ1n) is 7.20. The molecule has 1 N–H and O–H groups in total. The molecule has 0 aliphatic rings. The first-order valence-corrected chi connectivity index (χ1v) is 8.07. The van der Waals surface area contributed by atoms with Crippen molar-refractivity contribution in [3.63, 3.8) is 0 Å². The van der Waals surface area contributed by atoms with E-state index in [0.29, 0.717) is 0 Å². The van der Waals surface area contributed by atoms with Gasteiger partial charge in [-0.3, -0.25) is 0 Å². The van der Waals surface area contributed by atoms with Crippen LogP contribution in [0.4, 0.5) is 0 Å². The first kappa shape index (κ1) is 15.9. The van der Waals surface area contributed by atoms with Crippen LogP contribution in [0, 0.1) is 6.92 Å². The van der Waals surface area contributed by atoms with Crippen molar-refractivity contribution in [1.82, 2.24) is 5.32 Å². The molecule has 21 heavy (non-hydrogen) atoms. The summed E-state index contributed by atoms with van der Waals surface area (Å²) in [6.07, 6.45) is 1.11. The molecule has 0 fully saturated rings. The second kappa shape index (κ2) is 7.48. The normalized spacial score (nSPS) is 12.2. The average molecular weight is 305 g/mol. The van der Waals surface area contributed by atoms with E-state index in [1.807, 2.05) is 6.07 Å². The lowest BCUT2D eigenvalue weighted by Crippen LogP contribution is -2.23.